The maximum absolute atomic E-state index is 13.3. The van der Waals surface area contributed by atoms with Crippen LogP contribution >= 0.6 is 35.0 Å². The van der Waals surface area contributed by atoms with Crippen molar-refractivity contribution in [2.24, 2.45) is 0 Å². The van der Waals surface area contributed by atoms with Gasteiger partial charge in [0, 0.05) is 17.2 Å². The van der Waals surface area contributed by atoms with E-state index in [0.717, 1.165) is 17.5 Å². The van der Waals surface area contributed by atoms with Gasteiger partial charge >= 0.3 is 0 Å². The van der Waals surface area contributed by atoms with Gasteiger partial charge in [-0.1, -0.05) is 84.4 Å². The Bertz CT molecular complexity index is 1320. The van der Waals surface area contributed by atoms with Gasteiger partial charge in [0.15, 0.2) is 11.0 Å². The number of aromatic nitrogens is 3. The molecule has 0 saturated heterocycles. The SMILES string of the molecule is CCCC(=O)NC(Cc1ccccc1)c1nnc(SCc2ccc(F)cc2)n1-c1ccc(Cl)cc1Cl. The third-order valence-electron chi connectivity index (χ3n) is 5.50. The van der Waals surface area contributed by atoms with Gasteiger partial charge in [-0.25, -0.2) is 4.39 Å². The summed E-state index contributed by atoms with van der Waals surface area (Å²) in [4.78, 5) is 12.7. The normalized spacial score (nSPS) is 11.9. The zero-order valence-electron chi connectivity index (χ0n) is 19.6. The Balaban J connectivity index is 1.75. The summed E-state index contributed by atoms with van der Waals surface area (Å²) in [5, 5.41) is 13.7. The first kappa shape index (κ1) is 26.2. The van der Waals surface area contributed by atoms with Gasteiger partial charge in [0.25, 0.3) is 0 Å². The topological polar surface area (TPSA) is 59.8 Å². The molecule has 0 spiro atoms. The van der Waals surface area contributed by atoms with Crippen molar-refractivity contribution in [1.29, 1.82) is 0 Å². The van der Waals surface area contributed by atoms with E-state index in [0.29, 0.717) is 45.3 Å². The molecule has 0 fully saturated rings. The molecule has 36 heavy (non-hydrogen) atoms. The Morgan fingerprint density at radius 2 is 1.78 bits per heavy atom. The second-order valence-electron chi connectivity index (χ2n) is 8.25. The summed E-state index contributed by atoms with van der Waals surface area (Å²) in [6, 6.07) is 21.0. The third kappa shape index (κ3) is 6.66. The monoisotopic (exact) mass is 542 g/mol. The van der Waals surface area contributed by atoms with Crippen molar-refractivity contribution in [3.05, 3.63) is 106 Å². The van der Waals surface area contributed by atoms with Crippen molar-refractivity contribution in [2.45, 2.75) is 43.1 Å². The van der Waals surface area contributed by atoms with E-state index in [4.69, 9.17) is 23.2 Å². The molecule has 1 aromatic heterocycles. The first-order chi connectivity index (χ1) is 17.4. The van der Waals surface area contributed by atoms with Crippen LogP contribution in [-0.2, 0) is 17.0 Å². The highest BCUT2D eigenvalue weighted by Crippen LogP contribution is 2.33. The van der Waals surface area contributed by atoms with Crippen LogP contribution in [0.15, 0.2) is 78.0 Å². The number of halogens is 3. The van der Waals surface area contributed by atoms with Gasteiger partial charge in [0.05, 0.1) is 16.8 Å². The number of nitrogens with one attached hydrogen (secondary N) is 1. The van der Waals surface area contributed by atoms with Gasteiger partial charge in [0.2, 0.25) is 5.91 Å². The molecule has 5 nitrogen and oxygen atoms in total. The number of nitrogens with zero attached hydrogens (tertiary/aromatic N) is 3. The van der Waals surface area contributed by atoms with E-state index in [1.165, 1.54) is 23.9 Å². The van der Waals surface area contributed by atoms with Crippen LogP contribution in [0.1, 0.15) is 42.8 Å². The second kappa shape index (κ2) is 12.4. The van der Waals surface area contributed by atoms with Crippen molar-refractivity contribution in [3.8, 4) is 5.69 Å². The molecular formula is C27H25Cl2FN4OS. The Kier molecular flexibility index (Phi) is 9.02. The highest BCUT2D eigenvalue weighted by atomic mass is 35.5. The summed E-state index contributed by atoms with van der Waals surface area (Å²) in [5.41, 5.74) is 2.65. The molecule has 0 aliphatic carbocycles. The summed E-state index contributed by atoms with van der Waals surface area (Å²) in [6.45, 7) is 1.96. The average Bonchev–Trinajstić information content (AvgIpc) is 3.28. The van der Waals surface area contributed by atoms with Gasteiger partial charge in [-0.05, 0) is 54.3 Å². The number of benzene rings is 3. The van der Waals surface area contributed by atoms with Gasteiger partial charge < -0.3 is 5.32 Å². The van der Waals surface area contributed by atoms with Crippen molar-refractivity contribution in [2.75, 3.05) is 0 Å². The van der Waals surface area contributed by atoms with Gasteiger partial charge in [-0.3, -0.25) is 9.36 Å². The van der Waals surface area contributed by atoms with E-state index >= 15 is 0 Å². The van der Waals surface area contributed by atoms with Crippen LogP contribution in [0.25, 0.3) is 5.69 Å². The maximum Gasteiger partial charge on any atom is 0.220 e. The molecule has 0 saturated carbocycles. The molecule has 1 atom stereocenters. The fourth-order valence-corrected chi connectivity index (χ4v) is 5.17. The van der Waals surface area contributed by atoms with E-state index < -0.39 is 6.04 Å². The Hall–Kier alpha value is -2.87. The molecule has 9 heteroatoms. The van der Waals surface area contributed by atoms with Crippen LogP contribution in [0.5, 0.6) is 0 Å². The summed E-state index contributed by atoms with van der Waals surface area (Å²) < 4.78 is 15.2. The molecule has 0 radical (unpaired) electrons. The first-order valence-electron chi connectivity index (χ1n) is 11.6. The minimum atomic E-state index is -0.439. The van der Waals surface area contributed by atoms with Crippen LogP contribution in [-0.4, -0.2) is 20.7 Å². The Labute approximate surface area is 224 Å². The van der Waals surface area contributed by atoms with Gasteiger partial charge in [-0.15, -0.1) is 10.2 Å². The zero-order valence-corrected chi connectivity index (χ0v) is 22.0. The summed E-state index contributed by atoms with van der Waals surface area (Å²) in [5.74, 6) is 0.772. The van der Waals surface area contributed by atoms with E-state index in [1.54, 1.807) is 24.3 Å². The van der Waals surface area contributed by atoms with E-state index in [1.807, 2.05) is 47.9 Å². The molecule has 4 aromatic rings. The smallest absolute Gasteiger partial charge is 0.220 e. The minimum absolute atomic E-state index is 0.0595. The number of thioether (sulfide) groups is 1. The second-order valence-corrected chi connectivity index (χ2v) is 10.0. The van der Waals surface area contributed by atoms with Crippen LogP contribution in [0, 0.1) is 5.82 Å². The molecule has 1 unspecified atom stereocenters. The number of carbonyl (C=O) groups excluding carboxylic acids is 1. The lowest BCUT2D eigenvalue weighted by Gasteiger charge is -2.21. The van der Waals surface area contributed by atoms with Crippen molar-refractivity contribution in [3.63, 3.8) is 0 Å². The fourth-order valence-electron chi connectivity index (χ4n) is 3.77. The minimum Gasteiger partial charge on any atom is -0.346 e. The lowest BCUT2D eigenvalue weighted by molar-refractivity contribution is -0.121. The van der Waals surface area contributed by atoms with Crippen LogP contribution in [0.4, 0.5) is 4.39 Å². The van der Waals surface area contributed by atoms with Crippen molar-refractivity contribution < 1.29 is 9.18 Å². The van der Waals surface area contributed by atoms with Crippen LogP contribution in [0.2, 0.25) is 10.0 Å². The molecular weight excluding hydrogens is 518 g/mol. The molecule has 186 valence electrons. The number of rotatable bonds is 10. The summed E-state index contributed by atoms with van der Waals surface area (Å²) in [6.07, 6.45) is 1.67. The molecule has 1 heterocycles. The average molecular weight is 543 g/mol. The molecule has 0 aliphatic heterocycles. The number of hydrogen-bond donors (Lipinski definition) is 1. The summed E-state index contributed by atoms with van der Waals surface area (Å²) in [7, 11) is 0. The van der Waals surface area contributed by atoms with E-state index in [-0.39, 0.29) is 11.7 Å². The highest BCUT2D eigenvalue weighted by molar-refractivity contribution is 7.98. The van der Waals surface area contributed by atoms with Gasteiger partial charge in [0.1, 0.15) is 5.82 Å². The number of carbonyl (C=O) groups is 1. The first-order valence-corrected chi connectivity index (χ1v) is 13.3. The number of amides is 1. The molecule has 0 aliphatic rings. The quantitative estimate of drug-likeness (QED) is 0.215. The maximum atomic E-state index is 13.3. The molecule has 4 rings (SSSR count). The van der Waals surface area contributed by atoms with Gasteiger partial charge in [-0.2, -0.15) is 0 Å². The number of hydrogen-bond acceptors (Lipinski definition) is 4. The predicted octanol–water partition coefficient (Wildman–Crippen LogP) is 7.21. The largest absolute Gasteiger partial charge is 0.346 e. The van der Waals surface area contributed by atoms with Crippen LogP contribution in [0.3, 0.4) is 0 Å². The van der Waals surface area contributed by atoms with E-state index in [9.17, 15) is 9.18 Å². The standard InChI is InChI=1S/C27H25Cl2FN4OS/c1-2-6-25(35)31-23(15-18-7-4-3-5-8-18)26-32-33-27(36-17-19-9-12-21(30)13-10-19)34(26)24-14-11-20(28)16-22(24)29/h3-5,7-14,16,23H,2,6,15,17H2,1H3,(H,31,35). The van der Waals surface area contributed by atoms with Crippen LogP contribution < -0.4 is 5.32 Å². The van der Waals surface area contributed by atoms with Crippen molar-refractivity contribution >= 4 is 40.9 Å². The third-order valence-corrected chi connectivity index (χ3v) is 7.03. The molecule has 0 bridgehead atoms. The Morgan fingerprint density at radius 1 is 1.03 bits per heavy atom. The molecule has 1 amide bonds. The highest BCUT2D eigenvalue weighted by Gasteiger charge is 2.26. The molecule has 1 N–H and O–H groups in total. The summed E-state index contributed by atoms with van der Waals surface area (Å²) >= 11 is 14.2. The fraction of sp³-hybridized carbons (Fsp3) is 0.222. The van der Waals surface area contributed by atoms with Crippen molar-refractivity contribution in [1.82, 2.24) is 20.1 Å². The molecule has 3 aromatic carbocycles. The van der Waals surface area contributed by atoms with E-state index in [2.05, 4.69) is 15.5 Å². The Morgan fingerprint density at radius 3 is 2.47 bits per heavy atom. The lowest BCUT2D eigenvalue weighted by atomic mass is 10.0. The lowest BCUT2D eigenvalue weighted by Crippen LogP contribution is -2.31. The predicted molar refractivity (Wildman–Crippen MR) is 143 cm³/mol. The zero-order chi connectivity index (χ0) is 25.5.